The smallest absolute Gasteiger partial charge is 0.433 e. The highest BCUT2D eigenvalue weighted by molar-refractivity contribution is 9.10. The summed E-state index contributed by atoms with van der Waals surface area (Å²) in [5, 5.41) is 19.6. The first-order chi connectivity index (χ1) is 9.67. The molecule has 0 aliphatic rings. The summed E-state index contributed by atoms with van der Waals surface area (Å²) in [6, 6.07) is 14.1. The van der Waals surface area contributed by atoms with Crippen LogP contribution >= 0.6 is 15.9 Å². The Morgan fingerprint density at radius 3 is 2.50 bits per heavy atom. The first-order valence-corrected chi connectivity index (χ1v) is 6.64. The van der Waals surface area contributed by atoms with Crippen molar-refractivity contribution in [3.63, 3.8) is 0 Å². The number of aliphatic hydroxyl groups is 1. The van der Waals surface area contributed by atoms with Gasteiger partial charge in [-0.3, -0.25) is 0 Å². The molecule has 0 saturated heterocycles. The van der Waals surface area contributed by atoms with Gasteiger partial charge in [-0.15, -0.1) is 0 Å². The largest absolute Gasteiger partial charge is 0.501 e. The second-order valence-electron chi connectivity index (χ2n) is 4.01. The number of aliphatic hydroxyl groups excluding tert-OH is 1. The predicted molar refractivity (Wildman–Crippen MR) is 81.7 cm³/mol. The monoisotopic (exact) mass is 331 g/mol. The summed E-state index contributed by atoms with van der Waals surface area (Å²) in [6.45, 7) is 0. The zero-order valence-electron chi connectivity index (χ0n) is 10.7. The van der Waals surface area contributed by atoms with E-state index in [0.29, 0.717) is 16.9 Å². The number of hydrogen-bond acceptors (Lipinski definition) is 3. The van der Waals surface area contributed by atoms with E-state index in [1.54, 1.807) is 42.5 Å². The molecule has 2 aromatic carbocycles. The molecule has 0 radical (unpaired) electrons. The molecule has 2 rings (SSSR count). The lowest BCUT2D eigenvalue weighted by Gasteiger charge is -2.06. The maximum Gasteiger partial charge on any atom is 0.433 e. The van der Waals surface area contributed by atoms with Crippen molar-refractivity contribution in [3.8, 4) is 5.75 Å². The van der Waals surface area contributed by atoms with Gasteiger partial charge in [0.2, 0.25) is 11.2 Å². The van der Waals surface area contributed by atoms with Crippen molar-refractivity contribution in [2.75, 3.05) is 7.11 Å². The fourth-order valence-corrected chi connectivity index (χ4v) is 2.19. The van der Waals surface area contributed by atoms with Gasteiger partial charge in [-0.05, 0) is 30.3 Å². The molecule has 0 heterocycles. The average Bonchev–Trinajstić information content (AvgIpc) is 2.49. The van der Waals surface area contributed by atoms with Gasteiger partial charge in [-0.25, -0.2) is 0 Å². The third kappa shape index (κ3) is 2.81. The lowest BCUT2D eigenvalue weighted by molar-refractivity contribution is 0.408. The zero-order valence-corrected chi connectivity index (χ0v) is 12.3. The molecule has 0 bridgehead atoms. The van der Waals surface area contributed by atoms with Crippen LogP contribution in [0.1, 0.15) is 11.1 Å². The molecule has 20 heavy (non-hydrogen) atoms. The highest BCUT2D eigenvalue weighted by Gasteiger charge is 2.25. The fourth-order valence-electron chi connectivity index (χ4n) is 1.83. The standard InChI is InChI=1S/C15H11BrN2O2/c1-20-13-8-7-11(16)9-12(13)15(19)14(18-17)10-5-3-2-4-6-10/h2-9H,1H3/p+1/b15-14+. The second kappa shape index (κ2) is 6.22. The summed E-state index contributed by atoms with van der Waals surface area (Å²) in [5.74, 6) is 0.333. The number of ether oxygens (including phenoxy) is 1. The van der Waals surface area contributed by atoms with Crippen molar-refractivity contribution in [2.45, 2.75) is 0 Å². The second-order valence-corrected chi connectivity index (χ2v) is 4.92. The first-order valence-electron chi connectivity index (χ1n) is 5.85. The summed E-state index contributed by atoms with van der Waals surface area (Å²) >= 11 is 3.34. The molecule has 1 N–H and O–H groups in total. The third-order valence-corrected chi connectivity index (χ3v) is 3.28. The molecule has 2 aromatic rings. The fraction of sp³-hybridized carbons (Fsp3) is 0.0667. The topological polar surface area (TPSA) is 57.6 Å². The van der Waals surface area contributed by atoms with Crippen molar-refractivity contribution in [1.29, 1.82) is 5.39 Å². The summed E-state index contributed by atoms with van der Waals surface area (Å²) in [4.78, 5) is 3.20. The van der Waals surface area contributed by atoms with Crippen molar-refractivity contribution in [1.82, 2.24) is 0 Å². The number of hydrogen-bond donors (Lipinski definition) is 1. The van der Waals surface area contributed by atoms with Gasteiger partial charge in [-0.1, -0.05) is 34.1 Å². The van der Waals surface area contributed by atoms with Gasteiger partial charge >= 0.3 is 5.70 Å². The molecule has 0 amide bonds. The summed E-state index contributed by atoms with van der Waals surface area (Å²) < 4.78 is 6.00. The van der Waals surface area contributed by atoms with E-state index in [9.17, 15) is 10.5 Å². The quantitative estimate of drug-likeness (QED) is 0.504. The van der Waals surface area contributed by atoms with Crippen LogP contribution in [0, 0.1) is 5.39 Å². The Morgan fingerprint density at radius 1 is 1.20 bits per heavy atom. The van der Waals surface area contributed by atoms with Gasteiger partial charge in [0.15, 0.2) is 4.98 Å². The van der Waals surface area contributed by atoms with Crippen LogP contribution in [0.15, 0.2) is 53.0 Å². The van der Waals surface area contributed by atoms with Crippen molar-refractivity contribution in [3.05, 3.63) is 69.1 Å². The van der Waals surface area contributed by atoms with E-state index >= 15 is 0 Å². The molecule has 5 heteroatoms. The van der Waals surface area contributed by atoms with Gasteiger partial charge < -0.3 is 9.84 Å². The zero-order chi connectivity index (χ0) is 14.5. The van der Waals surface area contributed by atoms with E-state index < -0.39 is 0 Å². The number of halogens is 1. The van der Waals surface area contributed by atoms with E-state index in [4.69, 9.17) is 4.74 Å². The highest BCUT2D eigenvalue weighted by Crippen LogP contribution is 2.33. The van der Waals surface area contributed by atoms with Crippen LogP contribution in [-0.4, -0.2) is 12.2 Å². The number of benzene rings is 2. The van der Waals surface area contributed by atoms with Gasteiger partial charge in [0.05, 0.1) is 18.2 Å². The minimum atomic E-state index is -0.156. The first kappa shape index (κ1) is 14.1. The molecule has 4 nitrogen and oxygen atoms in total. The number of methoxy groups -OCH3 is 1. The van der Waals surface area contributed by atoms with Crippen LogP contribution in [0.3, 0.4) is 0 Å². The van der Waals surface area contributed by atoms with Crippen LogP contribution in [0.4, 0.5) is 0 Å². The van der Waals surface area contributed by atoms with Gasteiger partial charge in [-0.2, -0.15) is 0 Å². The highest BCUT2D eigenvalue weighted by atomic mass is 79.9. The molecule has 0 aliphatic carbocycles. The predicted octanol–water partition coefficient (Wildman–Crippen LogP) is 4.69. The van der Waals surface area contributed by atoms with Crippen LogP contribution in [0.2, 0.25) is 0 Å². The van der Waals surface area contributed by atoms with Crippen molar-refractivity contribution >= 4 is 27.4 Å². The van der Waals surface area contributed by atoms with Crippen LogP contribution in [-0.2, 0) is 0 Å². The Morgan fingerprint density at radius 2 is 1.90 bits per heavy atom. The maximum atomic E-state index is 10.4. The van der Waals surface area contributed by atoms with Crippen LogP contribution in [0.25, 0.3) is 16.4 Å². The minimum absolute atomic E-state index is 0.0852. The summed E-state index contributed by atoms with van der Waals surface area (Å²) in [7, 11) is 1.51. The number of nitrogens with zero attached hydrogens (tertiary/aromatic N) is 2. The van der Waals surface area contributed by atoms with E-state index in [0.717, 1.165) is 4.47 Å². The molecule has 0 atom stereocenters. The van der Waals surface area contributed by atoms with E-state index in [2.05, 4.69) is 20.9 Å². The SMILES string of the molecule is COc1ccc(Br)cc1/C(O)=C(\[N+]#N)c1ccccc1. The molecule has 0 aliphatic heterocycles. The van der Waals surface area contributed by atoms with Crippen LogP contribution in [0.5, 0.6) is 5.75 Å². The van der Waals surface area contributed by atoms with E-state index in [1.807, 2.05) is 6.07 Å². The van der Waals surface area contributed by atoms with E-state index in [-0.39, 0.29) is 11.5 Å². The lowest BCUT2D eigenvalue weighted by atomic mass is 10.1. The Kier molecular flexibility index (Phi) is 4.38. The third-order valence-electron chi connectivity index (χ3n) is 2.79. The molecule has 0 fully saturated rings. The van der Waals surface area contributed by atoms with Gasteiger partial charge in [0.1, 0.15) is 5.75 Å². The van der Waals surface area contributed by atoms with E-state index in [1.165, 1.54) is 7.11 Å². The molecule has 0 saturated carbocycles. The summed E-state index contributed by atoms with van der Waals surface area (Å²) in [6.07, 6.45) is 0. The summed E-state index contributed by atoms with van der Waals surface area (Å²) in [5.41, 5.74) is 1.13. The Hall–Kier alpha value is -2.32. The molecular weight excluding hydrogens is 320 g/mol. The Balaban J connectivity index is 2.64. The van der Waals surface area contributed by atoms with Crippen LogP contribution < -0.4 is 4.74 Å². The molecular formula is C15H12BrN2O2+. The normalized spacial score (nSPS) is 11.4. The minimum Gasteiger partial charge on any atom is -0.501 e. The van der Waals surface area contributed by atoms with Crippen molar-refractivity contribution < 1.29 is 9.84 Å². The van der Waals surface area contributed by atoms with Crippen molar-refractivity contribution in [2.24, 2.45) is 0 Å². The Labute approximate surface area is 125 Å². The average molecular weight is 332 g/mol. The molecule has 0 spiro atoms. The molecule has 100 valence electrons. The molecule has 0 aromatic heterocycles. The molecule has 0 unspecified atom stereocenters. The maximum absolute atomic E-state index is 10.4. The van der Waals surface area contributed by atoms with Gasteiger partial charge in [0.25, 0.3) is 0 Å². The lowest BCUT2D eigenvalue weighted by Crippen LogP contribution is -1.94. The van der Waals surface area contributed by atoms with Gasteiger partial charge in [0, 0.05) is 4.47 Å². The number of rotatable bonds is 3. The Bertz CT molecular complexity index is 691. The number of diazo groups is 1.